The fourth-order valence-electron chi connectivity index (χ4n) is 1.42. The molecule has 0 fully saturated rings. The van der Waals surface area contributed by atoms with Crippen LogP contribution in [0, 0.1) is 0 Å². The van der Waals surface area contributed by atoms with Gasteiger partial charge in [-0.05, 0) is 41.9 Å². The molecule has 0 aliphatic carbocycles. The van der Waals surface area contributed by atoms with Crippen LogP contribution in [0.15, 0.2) is 28.1 Å². The summed E-state index contributed by atoms with van der Waals surface area (Å²) in [4.78, 5) is 25.6. The van der Waals surface area contributed by atoms with E-state index in [2.05, 4.69) is 22.5 Å². The van der Waals surface area contributed by atoms with Crippen LogP contribution >= 0.6 is 27.3 Å². The van der Waals surface area contributed by atoms with E-state index in [9.17, 15) is 9.59 Å². The lowest BCUT2D eigenvalue weighted by Gasteiger charge is -2.20. The van der Waals surface area contributed by atoms with Crippen LogP contribution in [0.1, 0.15) is 23.5 Å². The Morgan fingerprint density at radius 2 is 2.16 bits per heavy atom. The Hall–Kier alpha value is -1.14. The number of esters is 1. The van der Waals surface area contributed by atoms with Crippen molar-refractivity contribution in [2.45, 2.75) is 13.8 Å². The van der Waals surface area contributed by atoms with Crippen LogP contribution in [0.3, 0.4) is 0 Å². The third kappa shape index (κ3) is 5.16. The molecule has 1 heterocycles. The highest BCUT2D eigenvalue weighted by molar-refractivity contribution is 9.11. The fraction of sp³-hybridized carbons (Fsp3) is 0.385. The highest BCUT2D eigenvalue weighted by Gasteiger charge is 2.16. The van der Waals surface area contributed by atoms with E-state index in [1.807, 2.05) is 13.8 Å². The van der Waals surface area contributed by atoms with Gasteiger partial charge < -0.3 is 9.64 Å². The second-order valence-corrected chi connectivity index (χ2v) is 6.51. The summed E-state index contributed by atoms with van der Waals surface area (Å²) < 4.78 is 5.85. The van der Waals surface area contributed by atoms with Crippen LogP contribution in [0.4, 0.5) is 0 Å². The van der Waals surface area contributed by atoms with Gasteiger partial charge in [0.2, 0.25) is 0 Å². The van der Waals surface area contributed by atoms with Gasteiger partial charge in [0.1, 0.15) is 4.88 Å². The molecule has 0 atom stereocenters. The van der Waals surface area contributed by atoms with Crippen molar-refractivity contribution in [1.82, 2.24) is 4.90 Å². The number of rotatable bonds is 6. The Labute approximate surface area is 125 Å². The summed E-state index contributed by atoms with van der Waals surface area (Å²) in [6.07, 6.45) is 0. The van der Waals surface area contributed by atoms with Gasteiger partial charge in [-0.3, -0.25) is 4.79 Å². The number of ether oxygens (including phenoxy) is 1. The molecular weight excluding hydrogens is 330 g/mol. The van der Waals surface area contributed by atoms with Gasteiger partial charge in [-0.2, -0.15) is 0 Å². The molecule has 0 aliphatic rings. The zero-order valence-electron chi connectivity index (χ0n) is 10.9. The zero-order valence-corrected chi connectivity index (χ0v) is 13.3. The summed E-state index contributed by atoms with van der Waals surface area (Å²) in [6.45, 7) is 8.30. The maximum atomic E-state index is 11.9. The van der Waals surface area contributed by atoms with E-state index in [-0.39, 0.29) is 12.5 Å². The van der Waals surface area contributed by atoms with E-state index in [4.69, 9.17) is 4.74 Å². The molecule has 0 aromatic carbocycles. The Kier molecular flexibility index (Phi) is 6.24. The number of amides is 1. The van der Waals surface area contributed by atoms with E-state index in [1.54, 1.807) is 17.0 Å². The summed E-state index contributed by atoms with van der Waals surface area (Å²) in [7, 11) is 0. The first-order chi connectivity index (χ1) is 8.93. The second-order valence-electron chi connectivity index (χ2n) is 4.04. The van der Waals surface area contributed by atoms with Crippen LogP contribution in [-0.4, -0.2) is 36.5 Å². The molecule has 1 rings (SSSR count). The molecule has 0 spiro atoms. The van der Waals surface area contributed by atoms with Crippen molar-refractivity contribution in [3.8, 4) is 0 Å². The third-order valence-electron chi connectivity index (χ3n) is 2.30. The molecule has 0 N–H and O–H groups in total. The van der Waals surface area contributed by atoms with Gasteiger partial charge in [-0.1, -0.05) is 12.2 Å². The highest BCUT2D eigenvalue weighted by atomic mass is 79.9. The predicted octanol–water partition coefficient (Wildman–Crippen LogP) is 3.09. The lowest BCUT2D eigenvalue weighted by molar-refractivity contribution is -0.133. The number of hydrogen-bond acceptors (Lipinski definition) is 4. The molecule has 0 saturated heterocycles. The highest BCUT2D eigenvalue weighted by Crippen LogP contribution is 2.22. The largest absolute Gasteiger partial charge is 0.451 e. The van der Waals surface area contributed by atoms with Gasteiger partial charge in [0.25, 0.3) is 5.91 Å². The summed E-state index contributed by atoms with van der Waals surface area (Å²) in [5, 5.41) is 0. The average Bonchev–Trinajstić information content (AvgIpc) is 2.79. The predicted molar refractivity (Wildman–Crippen MR) is 79.4 cm³/mol. The average molecular weight is 346 g/mol. The molecule has 4 nitrogen and oxygen atoms in total. The minimum Gasteiger partial charge on any atom is -0.451 e. The SMILES string of the molecule is C=C(C)CN(CC)C(=O)COC(=O)c1ccc(Br)s1. The van der Waals surface area contributed by atoms with E-state index in [0.29, 0.717) is 18.0 Å². The standard InChI is InChI=1S/C13H16BrNO3S/c1-4-15(7-9(2)3)12(16)8-18-13(17)10-5-6-11(14)19-10/h5-6H,2,4,7-8H2,1,3H3. The molecule has 1 amide bonds. The number of halogens is 1. The summed E-state index contributed by atoms with van der Waals surface area (Å²) in [5.74, 6) is -0.690. The van der Waals surface area contributed by atoms with Gasteiger partial charge in [0, 0.05) is 13.1 Å². The van der Waals surface area contributed by atoms with Gasteiger partial charge in [0.15, 0.2) is 6.61 Å². The Morgan fingerprint density at radius 1 is 1.47 bits per heavy atom. The monoisotopic (exact) mass is 345 g/mol. The zero-order chi connectivity index (χ0) is 14.4. The molecule has 0 aliphatic heterocycles. The van der Waals surface area contributed by atoms with E-state index in [1.165, 1.54) is 11.3 Å². The second kappa shape index (κ2) is 7.45. The quantitative estimate of drug-likeness (QED) is 0.587. The molecule has 6 heteroatoms. The normalized spacial score (nSPS) is 10.1. The van der Waals surface area contributed by atoms with Crippen molar-refractivity contribution in [2.75, 3.05) is 19.7 Å². The lowest BCUT2D eigenvalue weighted by Crippen LogP contribution is -2.35. The van der Waals surface area contributed by atoms with Crippen molar-refractivity contribution in [1.29, 1.82) is 0 Å². The first-order valence-corrected chi connectivity index (χ1v) is 7.39. The molecule has 0 radical (unpaired) electrons. The molecule has 19 heavy (non-hydrogen) atoms. The van der Waals surface area contributed by atoms with E-state index in [0.717, 1.165) is 9.36 Å². The number of likely N-dealkylation sites (N-methyl/N-ethyl adjacent to an activating group) is 1. The first-order valence-electron chi connectivity index (χ1n) is 5.78. The molecule has 1 aromatic rings. The van der Waals surface area contributed by atoms with Crippen LogP contribution in [0.2, 0.25) is 0 Å². The fourth-order valence-corrected chi connectivity index (χ4v) is 2.70. The summed E-state index contributed by atoms with van der Waals surface area (Å²) in [5.41, 5.74) is 0.892. The molecule has 0 saturated carbocycles. The first kappa shape index (κ1) is 15.9. The Bertz CT molecular complexity index is 484. The van der Waals surface area contributed by atoms with Crippen molar-refractivity contribution in [3.63, 3.8) is 0 Å². The number of carbonyl (C=O) groups excluding carboxylic acids is 2. The van der Waals surface area contributed by atoms with Gasteiger partial charge in [-0.15, -0.1) is 11.3 Å². The van der Waals surface area contributed by atoms with Crippen molar-refractivity contribution in [3.05, 3.63) is 32.9 Å². The number of carbonyl (C=O) groups is 2. The Morgan fingerprint density at radius 3 is 2.63 bits per heavy atom. The minimum absolute atomic E-state index is 0.213. The molecular formula is C13H16BrNO3S. The summed E-state index contributed by atoms with van der Waals surface area (Å²) in [6, 6.07) is 3.43. The molecule has 104 valence electrons. The van der Waals surface area contributed by atoms with Gasteiger partial charge in [0.05, 0.1) is 3.79 Å². The minimum atomic E-state index is -0.476. The number of thiophene rings is 1. The number of hydrogen-bond donors (Lipinski definition) is 0. The van der Waals surface area contributed by atoms with Crippen LogP contribution in [-0.2, 0) is 9.53 Å². The number of nitrogens with zero attached hydrogens (tertiary/aromatic N) is 1. The lowest BCUT2D eigenvalue weighted by atomic mass is 10.3. The summed E-state index contributed by atoms with van der Waals surface area (Å²) >= 11 is 4.54. The van der Waals surface area contributed by atoms with E-state index < -0.39 is 5.97 Å². The smallest absolute Gasteiger partial charge is 0.348 e. The van der Waals surface area contributed by atoms with Gasteiger partial charge >= 0.3 is 5.97 Å². The Balaban J connectivity index is 2.49. The topological polar surface area (TPSA) is 46.6 Å². The van der Waals surface area contributed by atoms with Gasteiger partial charge in [-0.25, -0.2) is 4.79 Å². The third-order valence-corrected chi connectivity index (χ3v) is 3.90. The maximum absolute atomic E-state index is 11.9. The molecule has 0 unspecified atom stereocenters. The van der Waals surface area contributed by atoms with Crippen LogP contribution in [0.25, 0.3) is 0 Å². The van der Waals surface area contributed by atoms with Crippen molar-refractivity contribution < 1.29 is 14.3 Å². The van der Waals surface area contributed by atoms with Crippen molar-refractivity contribution >= 4 is 39.1 Å². The maximum Gasteiger partial charge on any atom is 0.348 e. The van der Waals surface area contributed by atoms with E-state index >= 15 is 0 Å². The molecule has 0 bridgehead atoms. The van der Waals surface area contributed by atoms with Crippen LogP contribution in [0.5, 0.6) is 0 Å². The van der Waals surface area contributed by atoms with Crippen LogP contribution < -0.4 is 0 Å². The van der Waals surface area contributed by atoms with Crippen molar-refractivity contribution in [2.24, 2.45) is 0 Å². The molecule has 1 aromatic heterocycles.